The molecule has 0 bridgehead atoms. The Labute approximate surface area is 148 Å². The first kappa shape index (κ1) is 16.4. The SMILES string of the molecule is COCCN1CC2CN(Cc3cn(C)c4ccccc34)CCN2C1=O. The normalized spacial score (nSPS) is 21.4. The number of carbonyl (C=O) groups excluding carboxylic acids is 1. The Morgan fingerprint density at radius 2 is 2.04 bits per heavy atom. The molecule has 2 aliphatic rings. The fourth-order valence-electron chi connectivity index (χ4n) is 4.17. The highest BCUT2D eigenvalue weighted by Gasteiger charge is 2.40. The number of hydrogen-bond donors (Lipinski definition) is 0. The summed E-state index contributed by atoms with van der Waals surface area (Å²) in [5, 5.41) is 1.33. The summed E-state index contributed by atoms with van der Waals surface area (Å²) in [5.74, 6) is 0. The van der Waals surface area contributed by atoms with Crippen LogP contribution in [0.25, 0.3) is 10.9 Å². The molecule has 3 heterocycles. The Bertz CT molecular complexity index is 772. The number of fused-ring (bicyclic) bond motifs is 2. The molecule has 6 nitrogen and oxygen atoms in total. The summed E-state index contributed by atoms with van der Waals surface area (Å²) in [6.07, 6.45) is 2.24. The molecule has 0 N–H and O–H groups in total. The first-order valence-electron chi connectivity index (χ1n) is 8.97. The van der Waals surface area contributed by atoms with Crippen LogP contribution in [-0.4, -0.2) is 77.8 Å². The van der Waals surface area contributed by atoms with E-state index in [0.717, 1.165) is 32.7 Å². The molecule has 2 fully saturated rings. The van der Waals surface area contributed by atoms with Crippen LogP contribution in [0.1, 0.15) is 5.56 Å². The van der Waals surface area contributed by atoms with Crippen LogP contribution < -0.4 is 0 Å². The molecule has 2 aliphatic heterocycles. The summed E-state index contributed by atoms with van der Waals surface area (Å²) >= 11 is 0. The summed E-state index contributed by atoms with van der Waals surface area (Å²) < 4.78 is 7.32. The van der Waals surface area contributed by atoms with Crippen LogP contribution in [0.2, 0.25) is 0 Å². The third kappa shape index (κ3) is 3.00. The number of carbonyl (C=O) groups is 1. The van der Waals surface area contributed by atoms with Gasteiger partial charge in [-0.2, -0.15) is 0 Å². The first-order valence-corrected chi connectivity index (χ1v) is 8.97. The van der Waals surface area contributed by atoms with Crippen LogP contribution in [0.5, 0.6) is 0 Å². The lowest BCUT2D eigenvalue weighted by Gasteiger charge is -2.36. The van der Waals surface area contributed by atoms with Gasteiger partial charge in [-0.25, -0.2) is 4.79 Å². The van der Waals surface area contributed by atoms with Gasteiger partial charge in [-0.1, -0.05) is 18.2 Å². The van der Waals surface area contributed by atoms with Gasteiger partial charge in [0.05, 0.1) is 12.6 Å². The maximum absolute atomic E-state index is 12.5. The fraction of sp³-hybridized carbons (Fsp3) is 0.526. The number of benzene rings is 1. The van der Waals surface area contributed by atoms with Crippen LogP contribution in [0.4, 0.5) is 4.79 Å². The van der Waals surface area contributed by atoms with Crippen molar-refractivity contribution >= 4 is 16.9 Å². The largest absolute Gasteiger partial charge is 0.383 e. The Balaban J connectivity index is 1.45. The zero-order chi connectivity index (χ0) is 17.4. The minimum absolute atomic E-state index is 0.173. The van der Waals surface area contributed by atoms with Gasteiger partial charge in [0.1, 0.15) is 0 Å². The number of piperazine rings is 1. The van der Waals surface area contributed by atoms with Crippen LogP contribution >= 0.6 is 0 Å². The van der Waals surface area contributed by atoms with Crippen molar-refractivity contribution in [1.82, 2.24) is 19.3 Å². The number of aromatic nitrogens is 1. The zero-order valence-electron chi connectivity index (χ0n) is 15.0. The van der Waals surface area contributed by atoms with Crippen molar-refractivity contribution in [2.75, 3.05) is 46.4 Å². The number of aryl methyl sites for hydroxylation is 1. The Morgan fingerprint density at radius 1 is 1.20 bits per heavy atom. The molecule has 0 spiro atoms. The van der Waals surface area contributed by atoms with E-state index in [1.165, 1.54) is 16.5 Å². The molecule has 0 aliphatic carbocycles. The standard InChI is InChI=1S/C19H26N4O2/c1-20-11-15(17-5-3-4-6-18(17)20)12-21-7-8-23-16(13-21)14-22(19(23)24)9-10-25-2/h3-6,11,16H,7-10,12-14H2,1-2H3. The number of hydrogen-bond acceptors (Lipinski definition) is 3. The smallest absolute Gasteiger partial charge is 0.320 e. The van der Waals surface area contributed by atoms with Gasteiger partial charge in [0, 0.05) is 70.5 Å². The molecule has 1 aromatic heterocycles. The molecule has 25 heavy (non-hydrogen) atoms. The van der Waals surface area contributed by atoms with E-state index in [1.54, 1.807) is 7.11 Å². The third-order valence-corrected chi connectivity index (χ3v) is 5.45. The Morgan fingerprint density at radius 3 is 2.88 bits per heavy atom. The summed E-state index contributed by atoms with van der Waals surface area (Å²) in [5.41, 5.74) is 2.64. The Hall–Kier alpha value is -2.05. The number of ether oxygens (including phenoxy) is 1. The average molecular weight is 342 g/mol. The van der Waals surface area contributed by atoms with Crippen LogP contribution in [0.15, 0.2) is 30.5 Å². The van der Waals surface area contributed by atoms with E-state index in [9.17, 15) is 4.79 Å². The van der Waals surface area contributed by atoms with Crippen molar-refractivity contribution in [3.63, 3.8) is 0 Å². The summed E-state index contributed by atoms with van der Waals surface area (Å²) in [6, 6.07) is 9.03. The minimum Gasteiger partial charge on any atom is -0.383 e. The molecule has 134 valence electrons. The lowest BCUT2D eigenvalue weighted by Crippen LogP contribution is -2.51. The number of amides is 2. The topological polar surface area (TPSA) is 41.0 Å². The van der Waals surface area contributed by atoms with Crippen molar-refractivity contribution in [2.45, 2.75) is 12.6 Å². The van der Waals surface area contributed by atoms with Gasteiger partial charge in [0.15, 0.2) is 0 Å². The molecule has 2 saturated heterocycles. The van der Waals surface area contributed by atoms with Crippen LogP contribution in [0.3, 0.4) is 0 Å². The predicted molar refractivity (Wildman–Crippen MR) is 97.5 cm³/mol. The quantitative estimate of drug-likeness (QED) is 0.831. The maximum Gasteiger partial charge on any atom is 0.320 e. The molecule has 2 aromatic rings. The third-order valence-electron chi connectivity index (χ3n) is 5.45. The van der Waals surface area contributed by atoms with Crippen molar-refractivity contribution in [3.05, 3.63) is 36.0 Å². The number of nitrogens with zero attached hydrogens (tertiary/aromatic N) is 4. The molecule has 2 amide bonds. The predicted octanol–water partition coefficient (Wildman–Crippen LogP) is 1.75. The lowest BCUT2D eigenvalue weighted by atomic mass is 10.1. The van der Waals surface area contributed by atoms with Crippen molar-refractivity contribution in [2.24, 2.45) is 7.05 Å². The van der Waals surface area contributed by atoms with E-state index < -0.39 is 0 Å². The van der Waals surface area contributed by atoms with Gasteiger partial charge in [-0.15, -0.1) is 0 Å². The highest BCUT2D eigenvalue weighted by atomic mass is 16.5. The van der Waals surface area contributed by atoms with Crippen LogP contribution in [-0.2, 0) is 18.3 Å². The van der Waals surface area contributed by atoms with Gasteiger partial charge < -0.3 is 19.1 Å². The number of rotatable bonds is 5. The molecular formula is C19H26N4O2. The summed E-state index contributed by atoms with van der Waals surface area (Å²) in [4.78, 5) is 18.9. The first-order chi connectivity index (χ1) is 12.2. The fourth-order valence-corrected chi connectivity index (χ4v) is 4.17. The van der Waals surface area contributed by atoms with E-state index in [4.69, 9.17) is 4.74 Å². The molecule has 1 atom stereocenters. The maximum atomic E-state index is 12.5. The van der Waals surface area contributed by atoms with Gasteiger partial charge in [-0.3, -0.25) is 4.90 Å². The van der Waals surface area contributed by atoms with Gasteiger partial charge in [-0.05, 0) is 11.6 Å². The molecule has 6 heteroatoms. The second-order valence-electron chi connectivity index (χ2n) is 7.09. The van der Waals surface area contributed by atoms with E-state index in [-0.39, 0.29) is 6.03 Å². The molecule has 4 rings (SSSR count). The van der Waals surface area contributed by atoms with Crippen molar-refractivity contribution in [3.8, 4) is 0 Å². The summed E-state index contributed by atoms with van der Waals surface area (Å²) in [7, 11) is 3.78. The van der Waals surface area contributed by atoms with E-state index in [1.807, 2.05) is 9.80 Å². The van der Waals surface area contributed by atoms with Gasteiger partial charge >= 0.3 is 6.03 Å². The number of methoxy groups -OCH3 is 1. The molecule has 1 aromatic carbocycles. The van der Waals surface area contributed by atoms with E-state index >= 15 is 0 Å². The van der Waals surface area contributed by atoms with E-state index in [2.05, 4.69) is 47.0 Å². The second kappa shape index (κ2) is 6.69. The zero-order valence-corrected chi connectivity index (χ0v) is 15.0. The van der Waals surface area contributed by atoms with Crippen LogP contribution in [0, 0.1) is 0 Å². The highest BCUT2D eigenvalue weighted by Crippen LogP contribution is 2.25. The number of urea groups is 1. The second-order valence-corrected chi connectivity index (χ2v) is 7.09. The highest BCUT2D eigenvalue weighted by molar-refractivity contribution is 5.83. The average Bonchev–Trinajstić information content (AvgIpc) is 3.11. The van der Waals surface area contributed by atoms with Crippen molar-refractivity contribution in [1.29, 1.82) is 0 Å². The van der Waals surface area contributed by atoms with E-state index in [0.29, 0.717) is 19.2 Å². The van der Waals surface area contributed by atoms with Crippen molar-refractivity contribution < 1.29 is 9.53 Å². The Kier molecular flexibility index (Phi) is 4.39. The molecule has 0 saturated carbocycles. The van der Waals surface area contributed by atoms with Gasteiger partial charge in [0.2, 0.25) is 0 Å². The molecular weight excluding hydrogens is 316 g/mol. The molecule has 0 radical (unpaired) electrons. The monoisotopic (exact) mass is 342 g/mol. The number of para-hydroxylation sites is 1. The lowest BCUT2D eigenvalue weighted by molar-refractivity contribution is 0.116. The summed E-state index contributed by atoms with van der Waals surface area (Å²) in [6.45, 7) is 5.74. The molecule has 1 unspecified atom stereocenters. The van der Waals surface area contributed by atoms with Gasteiger partial charge in [0.25, 0.3) is 0 Å². The minimum atomic E-state index is 0.173.